The Hall–Kier alpha value is -0.910. The van der Waals surface area contributed by atoms with E-state index in [2.05, 4.69) is 0 Å². The molecular weight excluding hydrogens is 296 g/mol. The first-order chi connectivity index (χ1) is 11.0. The van der Waals surface area contributed by atoms with Crippen LogP contribution < -0.4 is 0 Å². The van der Waals surface area contributed by atoms with Gasteiger partial charge in [-0.2, -0.15) is 0 Å². The van der Waals surface area contributed by atoms with Crippen molar-refractivity contribution in [2.75, 3.05) is 0 Å². The molecule has 0 heterocycles. The predicted molar refractivity (Wildman–Crippen MR) is 91.3 cm³/mol. The number of unbranched alkanes of at least 4 members (excludes halogenated alkanes) is 5. The van der Waals surface area contributed by atoms with Gasteiger partial charge in [0.25, 0.3) is 0 Å². The first kappa shape index (κ1) is 22.1. The highest BCUT2D eigenvalue weighted by atomic mass is 16.4. The minimum absolute atomic E-state index is 0.221. The van der Waals surface area contributed by atoms with Gasteiger partial charge in [-0.1, -0.05) is 44.8 Å². The Morgan fingerprint density at radius 1 is 0.957 bits per heavy atom. The molecule has 3 unspecified atom stereocenters. The lowest BCUT2D eigenvalue weighted by Gasteiger charge is -2.19. The van der Waals surface area contributed by atoms with Crippen LogP contribution in [0.25, 0.3) is 0 Å². The van der Waals surface area contributed by atoms with Crippen LogP contribution in [0.5, 0.6) is 0 Å². The zero-order valence-electron chi connectivity index (χ0n) is 14.4. The van der Waals surface area contributed by atoms with Crippen LogP contribution in [0.4, 0.5) is 0 Å². The van der Waals surface area contributed by atoms with Crippen LogP contribution in [0, 0.1) is 0 Å². The minimum atomic E-state index is -0.879. The van der Waals surface area contributed by atoms with Crippen molar-refractivity contribution in [1.29, 1.82) is 0 Å². The lowest BCUT2D eigenvalue weighted by molar-refractivity contribution is -0.137. The summed E-state index contributed by atoms with van der Waals surface area (Å²) >= 11 is 0. The molecule has 0 aliphatic rings. The van der Waals surface area contributed by atoms with Crippen LogP contribution in [0.1, 0.15) is 77.6 Å². The van der Waals surface area contributed by atoms with Gasteiger partial charge < -0.3 is 20.4 Å². The number of carbonyl (C=O) groups is 1. The van der Waals surface area contributed by atoms with Crippen LogP contribution in [-0.4, -0.2) is 44.7 Å². The van der Waals surface area contributed by atoms with E-state index in [1.165, 1.54) is 0 Å². The third-order valence-electron chi connectivity index (χ3n) is 3.89. The summed E-state index contributed by atoms with van der Waals surface area (Å²) in [6.45, 7) is 1.97. The quantitative estimate of drug-likeness (QED) is 0.273. The zero-order chi connectivity index (χ0) is 17.5. The zero-order valence-corrected chi connectivity index (χ0v) is 14.4. The first-order valence-electron chi connectivity index (χ1n) is 8.88. The van der Waals surface area contributed by atoms with E-state index in [0.717, 1.165) is 44.9 Å². The van der Waals surface area contributed by atoms with Gasteiger partial charge in [-0.15, -0.1) is 0 Å². The Morgan fingerprint density at radius 3 is 2.26 bits per heavy atom. The largest absolute Gasteiger partial charge is 0.481 e. The summed E-state index contributed by atoms with van der Waals surface area (Å²) in [6.07, 6.45) is 9.85. The molecule has 0 rings (SSSR count). The van der Waals surface area contributed by atoms with Crippen molar-refractivity contribution < 1.29 is 25.2 Å². The molecule has 5 heteroatoms. The van der Waals surface area contributed by atoms with E-state index in [-0.39, 0.29) is 12.8 Å². The van der Waals surface area contributed by atoms with Crippen molar-refractivity contribution in [3.05, 3.63) is 12.2 Å². The van der Waals surface area contributed by atoms with Gasteiger partial charge in [-0.05, 0) is 32.1 Å². The van der Waals surface area contributed by atoms with Gasteiger partial charge >= 0.3 is 5.97 Å². The maximum Gasteiger partial charge on any atom is 0.303 e. The Bertz CT molecular complexity index is 317. The number of hydrogen-bond donors (Lipinski definition) is 4. The smallest absolute Gasteiger partial charge is 0.303 e. The molecule has 23 heavy (non-hydrogen) atoms. The van der Waals surface area contributed by atoms with E-state index in [0.29, 0.717) is 12.8 Å². The Kier molecular flexibility index (Phi) is 14.1. The maximum atomic E-state index is 10.3. The highest BCUT2D eigenvalue weighted by molar-refractivity contribution is 5.66. The molecule has 136 valence electrons. The van der Waals surface area contributed by atoms with Crippen molar-refractivity contribution in [3.63, 3.8) is 0 Å². The molecular formula is C18H34O5. The summed E-state index contributed by atoms with van der Waals surface area (Å²) in [5.41, 5.74) is 0. The standard InChI is InChI=1S/C18H34O5/c1-2-11-15(19)14-17(21)16(20)12-9-7-5-3-4-6-8-10-13-18(22)23/h7,9,15-17,19-21H,2-6,8,10-14H2,1H3,(H,22,23)/b9-7+. The fourth-order valence-electron chi connectivity index (χ4n) is 2.47. The third-order valence-corrected chi connectivity index (χ3v) is 3.89. The fraction of sp³-hybridized carbons (Fsp3) is 0.833. The predicted octanol–water partition coefficient (Wildman–Crippen LogP) is 3.02. The summed E-state index contributed by atoms with van der Waals surface area (Å²) in [7, 11) is 0. The molecule has 0 amide bonds. The number of aliphatic carboxylic acids is 1. The second-order valence-corrected chi connectivity index (χ2v) is 6.22. The number of aliphatic hydroxyl groups excluding tert-OH is 3. The second kappa shape index (κ2) is 14.7. The van der Waals surface area contributed by atoms with Crippen LogP contribution in [0.15, 0.2) is 12.2 Å². The number of carboxylic acid groups (broad SMARTS) is 1. The van der Waals surface area contributed by atoms with E-state index in [9.17, 15) is 20.1 Å². The van der Waals surface area contributed by atoms with Gasteiger partial charge in [-0.25, -0.2) is 0 Å². The van der Waals surface area contributed by atoms with Crippen molar-refractivity contribution >= 4 is 5.97 Å². The number of aliphatic hydroxyl groups is 3. The Morgan fingerprint density at radius 2 is 1.61 bits per heavy atom. The lowest BCUT2D eigenvalue weighted by atomic mass is 10.0. The van der Waals surface area contributed by atoms with Crippen molar-refractivity contribution in [2.45, 2.75) is 95.9 Å². The molecule has 0 aromatic carbocycles. The molecule has 0 aromatic rings. The monoisotopic (exact) mass is 330 g/mol. The van der Waals surface area contributed by atoms with Gasteiger partial charge in [0.05, 0.1) is 18.3 Å². The molecule has 0 aliphatic carbocycles. The van der Waals surface area contributed by atoms with Crippen molar-refractivity contribution in [3.8, 4) is 0 Å². The highest BCUT2D eigenvalue weighted by Gasteiger charge is 2.18. The van der Waals surface area contributed by atoms with Gasteiger partial charge in [-0.3, -0.25) is 4.79 Å². The Labute approximate surface area is 140 Å². The van der Waals surface area contributed by atoms with Gasteiger partial charge in [0.1, 0.15) is 0 Å². The summed E-state index contributed by atoms with van der Waals surface area (Å²) in [5.74, 6) is -0.726. The van der Waals surface area contributed by atoms with Crippen LogP contribution in [0.2, 0.25) is 0 Å². The fourth-order valence-corrected chi connectivity index (χ4v) is 2.47. The molecule has 5 nitrogen and oxygen atoms in total. The Balaban J connectivity index is 3.56. The molecule has 0 saturated carbocycles. The van der Waals surface area contributed by atoms with Crippen LogP contribution in [0.3, 0.4) is 0 Å². The number of carboxylic acids is 1. The molecule has 4 N–H and O–H groups in total. The molecule has 0 saturated heterocycles. The number of hydrogen-bond acceptors (Lipinski definition) is 4. The van der Waals surface area contributed by atoms with Gasteiger partial charge in [0.2, 0.25) is 0 Å². The number of rotatable bonds is 15. The molecule has 0 aromatic heterocycles. The summed E-state index contributed by atoms with van der Waals surface area (Å²) in [5, 5.41) is 37.7. The van der Waals surface area contributed by atoms with Gasteiger partial charge in [0, 0.05) is 12.8 Å². The average Bonchev–Trinajstić information content (AvgIpc) is 2.48. The van der Waals surface area contributed by atoms with E-state index in [1.54, 1.807) is 0 Å². The van der Waals surface area contributed by atoms with Crippen LogP contribution >= 0.6 is 0 Å². The normalized spacial score (nSPS) is 15.7. The van der Waals surface area contributed by atoms with E-state index < -0.39 is 24.3 Å². The number of allylic oxidation sites excluding steroid dienone is 1. The molecule has 0 aliphatic heterocycles. The molecule has 3 atom stereocenters. The first-order valence-corrected chi connectivity index (χ1v) is 8.88. The summed E-state index contributed by atoms with van der Waals surface area (Å²) < 4.78 is 0. The maximum absolute atomic E-state index is 10.3. The molecule has 0 bridgehead atoms. The SMILES string of the molecule is CCCC(O)CC(O)C(O)C/C=C/CCCCCCCC(=O)O. The van der Waals surface area contributed by atoms with E-state index in [1.807, 2.05) is 19.1 Å². The molecule has 0 fully saturated rings. The summed E-state index contributed by atoms with van der Waals surface area (Å²) in [6, 6.07) is 0. The van der Waals surface area contributed by atoms with Crippen molar-refractivity contribution in [1.82, 2.24) is 0 Å². The summed E-state index contributed by atoms with van der Waals surface area (Å²) in [4.78, 5) is 10.3. The van der Waals surface area contributed by atoms with Gasteiger partial charge in [0.15, 0.2) is 0 Å². The van der Waals surface area contributed by atoms with E-state index in [4.69, 9.17) is 5.11 Å². The second-order valence-electron chi connectivity index (χ2n) is 6.22. The highest BCUT2D eigenvalue weighted by Crippen LogP contribution is 2.12. The minimum Gasteiger partial charge on any atom is -0.481 e. The molecule has 0 spiro atoms. The van der Waals surface area contributed by atoms with Crippen LogP contribution in [-0.2, 0) is 4.79 Å². The van der Waals surface area contributed by atoms with Crippen molar-refractivity contribution in [2.24, 2.45) is 0 Å². The topological polar surface area (TPSA) is 98.0 Å². The lowest BCUT2D eigenvalue weighted by Crippen LogP contribution is -2.29. The average molecular weight is 330 g/mol. The molecule has 0 radical (unpaired) electrons. The van der Waals surface area contributed by atoms with E-state index >= 15 is 0 Å². The third kappa shape index (κ3) is 14.4.